The minimum atomic E-state index is -0.0990. The predicted octanol–water partition coefficient (Wildman–Crippen LogP) is 1.24. The molecule has 12 heavy (non-hydrogen) atoms. The molecule has 3 atom stereocenters. The van der Waals surface area contributed by atoms with Gasteiger partial charge in [-0.25, -0.2) is 0 Å². The number of likely N-dealkylation sites (tertiary alicyclic amines) is 1. The molecule has 2 nitrogen and oxygen atoms in total. The second-order valence-electron chi connectivity index (χ2n) is 4.29. The van der Waals surface area contributed by atoms with E-state index >= 15 is 0 Å². The number of rotatable bonds is 2. The summed E-state index contributed by atoms with van der Waals surface area (Å²) in [5, 5.41) is 9.56. The van der Waals surface area contributed by atoms with E-state index < -0.39 is 0 Å². The van der Waals surface area contributed by atoms with Gasteiger partial charge in [0, 0.05) is 12.0 Å². The van der Waals surface area contributed by atoms with E-state index in [-0.39, 0.29) is 6.10 Å². The first-order valence-corrected chi connectivity index (χ1v) is 5.21. The minimum Gasteiger partial charge on any atom is -0.393 e. The molecule has 1 saturated heterocycles. The summed E-state index contributed by atoms with van der Waals surface area (Å²) in [6.07, 6.45) is 5.13. The smallest absolute Gasteiger partial charge is 0.0555 e. The zero-order chi connectivity index (χ0) is 8.55. The van der Waals surface area contributed by atoms with E-state index in [0.717, 1.165) is 0 Å². The molecule has 70 valence electrons. The average molecular weight is 169 g/mol. The fourth-order valence-corrected chi connectivity index (χ4v) is 2.66. The van der Waals surface area contributed by atoms with E-state index in [9.17, 15) is 5.11 Å². The summed E-state index contributed by atoms with van der Waals surface area (Å²) in [7, 11) is 0. The fraction of sp³-hybridized carbons (Fsp3) is 1.00. The van der Waals surface area contributed by atoms with Gasteiger partial charge in [-0.05, 0) is 39.3 Å². The third kappa shape index (κ3) is 1.38. The lowest BCUT2D eigenvalue weighted by Gasteiger charge is -2.40. The number of hydrogen-bond acceptors (Lipinski definition) is 2. The van der Waals surface area contributed by atoms with E-state index in [1.54, 1.807) is 0 Å². The molecule has 2 heteroatoms. The summed E-state index contributed by atoms with van der Waals surface area (Å²) in [5.41, 5.74) is 0. The highest BCUT2D eigenvalue weighted by molar-refractivity contribution is 4.90. The molecule has 0 unspecified atom stereocenters. The molecular formula is C10H19NO. The van der Waals surface area contributed by atoms with Gasteiger partial charge in [-0.15, -0.1) is 0 Å². The Bertz CT molecular complexity index is 154. The molecule has 1 aliphatic carbocycles. The van der Waals surface area contributed by atoms with Crippen LogP contribution in [0.2, 0.25) is 0 Å². The van der Waals surface area contributed by atoms with Crippen LogP contribution in [0.3, 0.4) is 0 Å². The predicted molar refractivity (Wildman–Crippen MR) is 49.0 cm³/mol. The van der Waals surface area contributed by atoms with E-state index in [1.165, 1.54) is 38.8 Å². The average Bonchev–Trinajstić information content (AvgIpc) is 2.31. The highest BCUT2D eigenvalue weighted by atomic mass is 16.3. The maximum Gasteiger partial charge on any atom is 0.0555 e. The van der Waals surface area contributed by atoms with Gasteiger partial charge in [-0.2, -0.15) is 0 Å². The van der Waals surface area contributed by atoms with Crippen molar-refractivity contribution in [3.8, 4) is 0 Å². The van der Waals surface area contributed by atoms with Gasteiger partial charge in [0.15, 0.2) is 0 Å². The third-order valence-corrected chi connectivity index (χ3v) is 3.51. The molecule has 1 aliphatic heterocycles. The first-order chi connectivity index (χ1) is 5.79. The minimum absolute atomic E-state index is 0.0990. The molecule has 0 amide bonds. The molecule has 0 aromatic rings. The summed E-state index contributed by atoms with van der Waals surface area (Å²) in [4.78, 5) is 2.55. The van der Waals surface area contributed by atoms with E-state index in [2.05, 4.69) is 4.90 Å². The van der Waals surface area contributed by atoms with Crippen LogP contribution < -0.4 is 0 Å². The molecule has 0 radical (unpaired) electrons. The lowest BCUT2D eigenvalue weighted by Crippen LogP contribution is -2.48. The highest BCUT2D eigenvalue weighted by Crippen LogP contribution is 2.34. The molecule has 2 rings (SSSR count). The Morgan fingerprint density at radius 1 is 1.25 bits per heavy atom. The Morgan fingerprint density at radius 3 is 2.50 bits per heavy atom. The monoisotopic (exact) mass is 169 g/mol. The first-order valence-electron chi connectivity index (χ1n) is 5.21. The summed E-state index contributed by atoms with van der Waals surface area (Å²) in [5.74, 6) is 0.560. The van der Waals surface area contributed by atoms with Crippen molar-refractivity contribution in [1.29, 1.82) is 0 Å². The van der Waals surface area contributed by atoms with Crippen molar-refractivity contribution < 1.29 is 5.11 Å². The second kappa shape index (κ2) is 3.35. The zero-order valence-electron chi connectivity index (χ0n) is 7.87. The summed E-state index contributed by atoms with van der Waals surface area (Å²) in [6.45, 7) is 4.49. The molecule has 2 aliphatic rings. The fourth-order valence-electron chi connectivity index (χ4n) is 2.66. The van der Waals surface area contributed by atoms with Crippen LogP contribution in [0.1, 0.15) is 32.6 Å². The summed E-state index contributed by atoms with van der Waals surface area (Å²) < 4.78 is 0. The topological polar surface area (TPSA) is 23.5 Å². The second-order valence-corrected chi connectivity index (χ2v) is 4.29. The van der Waals surface area contributed by atoms with Crippen molar-refractivity contribution in [2.45, 2.75) is 44.8 Å². The molecular weight excluding hydrogens is 150 g/mol. The number of hydrogen-bond donors (Lipinski definition) is 1. The normalized spacial score (nSPS) is 39.5. The molecule has 1 N–H and O–H groups in total. The largest absolute Gasteiger partial charge is 0.393 e. The van der Waals surface area contributed by atoms with Crippen molar-refractivity contribution in [3.63, 3.8) is 0 Å². The molecule has 2 fully saturated rings. The highest BCUT2D eigenvalue weighted by Gasteiger charge is 2.36. The molecule has 0 aromatic heterocycles. The van der Waals surface area contributed by atoms with Crippen molar-refractivity contribution in [2.75, 3.05) is 13.1 Å². The number of aliphatic hydroxyl groups is 1. The summed E-state index contributed by atoms with van der Waals surface area (Å²) >= 11 is 0. The quantitative estimate of drug-likeness (QED) is 0.672. The van der Waals surface area contributed by atoms with Gasteiger partial charge in [-0.1, -0.05) is 6.42 Å². The molecule has 0 aromatic carbocycles. The standard InChI is InChI=1S/C10H19NO/c1-8(12)9-4-2-5-10(9)11-6-3-7-11/h8-10,12H,2-7H2,1H3/t8-,9-,10-/m0/s1. The van der Waals surface area contributed by atoms with Crippen molar-refractivity contribution in [2.24, 2.45) is 5.92 Å². The van der Waals surface area contributed by atoms with Crippen LogP contribution in [0.15, 0.2) is 0 Å². The van der Waals surface area contributed by atoms with Crippen LogP contribution in [0.5, 0.6) is 0 Å². The Kier molecular flexibility index (Phi) is 2.37. The van der Waals surface area contributed by atoms with Crippen LogP contribution in [-0.4, -0.2) is 35.2 Å². The summed E-state index contributed by atoms with van der Waals surface area (Å²) in [6, 6.07) is 0.707. The molecule has 0 bridgehead atoms. The van der Waals surface area contributed by atoms with Crippen molar-refractivity contribution in [3.05, 3.63) is 0 Å². The molecule has 1 saturated carbocycles. The Morgan fingerprint density at radius 2 is 2.00 bits per heavy atom. The van der Waals surface area contributed by atoms with Gasteiger partial charge < -0.3 is 5.11 Å². The van der Waals surface area contributed by atoms with Crippen LogP contribution in [0, 0.1) is 5.92 Å². The SMILES string of the molecule is C[C@H](O)[C@@H]1CCC[C@@H]1N1CCC1. The Labute approximate surface area is 74.6 Å². The first kappa shape index (κ1) is 8.52. The van der Waals surface area contributed by atoms with Gasteiger partial charge in [0.25, 0.3) is 0 Å². The Balaban J connectivity index is 1.93. The van der Waals surface area contributed by atoms with Gasteiger partial charge >= 0.3 is 0 Å². The lowest BCUT2D eigenvalue weighted by atomic mass is 9.94. The van der Waals surface area contributed by atoms with Gasteiger partial charge in [0.1, 0.15) is 0 Å². The van der Waals surface area contributed by atoms with Gasteiger partial charge in [-0.3, -0.25) is 4.90 Å². The van der Waals surface area contributed by atoms with E-state index in [0.29, 0.717) is 12.0 Å². The van der Waals surface area contributed by atoms with Crippen molar-refractivity contribution in [1.82, 2.24) is 4.90 Å². The van der Waals surface area contributed by atoms with Gasteiger partial charge in [0.2, 0.25) is 0 Å². The third-order valence-electron chi connectivity index (χ3n) is 3.51. The number of aliphatic hydroxyl groups excluding tert-OH is 1. The number of nitrogens with zero attached hydrogens (tertiary/aromatic N) is 1. The molecule has 0 spiro atoms. The lowest BCUT2D eigenvalue weighted by molar-refractivity contribution is 0.0340. The van der Waals surface area contributed by atoms with Crippen LogP contribution in [0.25, 0.3) is 0 Å². The van der Waals surface area contributed by atoms with Crippen LogP contribution >= 0.6 is 0 Å². The Hall–Kier alpha value is -0.0800. The van der Waals surface area contributed by atoms with E-state index in [1.807, 2.05) is 6.92 Å². The van der Waals surface area contributed by atoms with Crippen LogP contribution in [0.4, 0.5) is 0 Å². The molecule has 1 heterocycles. The zero-order valence-corrected chi connectivity index (χ0v) is 7.87. The van der Waals surface area contributed by atoms with Crippen LogP contribution in [-0.2, 0) is 0 Å². The maximum atomic E-state index is 9.56. The van der Waals surface area contributed by atoms with E-state index in [4.69, 9.17) is 0 Å². The van der Waals surface area contributed by atoms with Crippen molar-refractivity contribution >= 4 is 0 Å². The van der Waals surface area contributed by atoms with Gasteiger partial charge in [0.05, 0.1) is 6.10 Å². The maximum absolute atomic E-state index is 9.56.